The number of thiol groups is 1. The number of methoxy groups -OCH3 is 1. The summed E-state index contributed by atoms with van der Waals surface area (Å²) in [5.74, 6) is 0. The van der Waals surface area contributed by atoms with Crippen molar-refractivity contribution in [2.75, 3.05) is 39.6 Å². The van der Waals surface area contributed by atoms with Crippen molar-refractivity contribution in [3.63, 3.8) is 0 Å². The van der Waals surface area contributed by atoms with E-state index in [1.54, 1.807) is 13.4 Å². The summed E-state index contributed by atoms with van der Waals surface area (Å²) in [6, 6.07) is 0. The van der Waals surface area contributed by atoms with Crippen LogP contribution >= 0.6 is 12.6 Å². The normalized spacial score (nSPS) is 17.7. The molecule has 2 nitrogen and oxygen atoms in total. The number of likely N-dealkylation sites (tertiary alicyclic amines) is 1. The molecule has 1 heterocycles. The highest BCUT2D eigenvalue weighted by Crippen LogP contribution is 2.05. The van der Waals surface area contributed by atoms with Gasteiger partial charge in [0, 0.05) is 13.7 Å². The lowest BCUT2D eigenvalue weighted by Crippen LogP contribution is -2.23. The summed E-state index contributed by atoms with van der Waals surface area (Å²) < 4.78 is 4.96. The number of hydrogen-bond donors (Lipinski definition) is 1. The summed E-state index contributed by atoms with van der Waals surface area (Å²) in [6.45, 7) is 4.57. The van der Waals surface area contributed by atoms with E-state index >= 15 is 0 Å². The highest BCUT2D eigenvalue weighted by atomic mass is 32.1. The maximum absolute atomic E-state index is 4.96. The zero-order valence-electron chi connectivity index (χ0n) is 7.55. The molecule has 68 valence electrons. The topological polar surface area (TPSA) is 12.5 Å². The average molecular weight is 177 g/mol. The highest BCUT2D eigenvalue weighted by molar-refractivity contribution is 7.79. The first-order valence-corrected chi connectivity index (χ1v) is 4.99. The van der Waals surface area contributed by atoms with Crippen LogP contribution in [0.1, 0.15) is 12.8 Å². The zero-order chi connectivity index (χ0) is 8.53. The molecule has 1 saturated heterocycles. The van der Waals surface area contributed by atoms with Crippen LogP contribution in [0.2, 0.25) is 0 Å². The summed E-state index contributed by atoms with van der Waals surface area (Å²) in [6.07, 6.45) is 4.45. The van der Waals surface area contributed by atoms with Crippen LogP contribution in [0.3, 0.4) is 0 Å². The van der Waals surface area contributed by atoms with E-state index in [1.165, 1.54) is 25.9 Å². The second-order valence-electron chi connectivity index (χ2n) is 2.54. The van der Waals surface area contributed by atoms with Gasteiger partial charge in [0.15, 0.2) is 0 Å². The van der Waals surface area contributed by atoms with Gasteiger partial charge in [0.25, 0.3) is 0 Å². The Kier molecular flexibility index (Phi) is 8.57. The van der Waals surface area contributed by atoms with Crippen LogP contribution in [0.5, 0.6) is 0 Å². The Balaban J connectivity index is 0.000000461. The zero-order valence-corrected chi connectivity index (χ0v) is 8.44. The first kappa shape index (κ1) is 11.3. The van der Waals surface area contributed by atoms with E-state index in [1.807, 2.05) is 0 Å². The summed E-state index contributed by atoms with van der Waals surface area (Å²) in [5.41, 5.74) is 0. The predicted molar refractivity (Wildman–Crippen MR) is 52.5 cm³/mol. The number of ether oxygens (including phenoxy) is 1. The Hall–Kier alpha value is 0.270. The lowest BCUT2D eigenvalue weighted by molar-refractivity contribution is 0.161. The second kappa shape index (κ2) is 8.37. The van der Waals surface area contributed by atoms with Crippen LogP contribution in [0.4, 0.5) is 0 Å². The molecule has 0 radical (unpaired) electrons. The fourth-order valence-electron chi connectivity index (χ4n) is 1.23. The van der Waals surface area contributed by atoms with Gasteiger partial charge in [-0.05, 0) is 32.2 Å². The van der Waals surface area contributed by atoms with Gasteiger partial charge in [-0.3, -0.25) is 0 Å². The average Bonchev–Trinajstić information content (AvgIpc) is 2.57. The highest BCUT2D eigenvalue weighted by Gasteiger charge is 2.09. The molecule has 0 unspecified atom stereocenters. The molecule has 1 rings (SSSR count). The monoisotopic (exact) mass is 177 g/mol. The van der Waals surface area contributed by atoms with Gasteiger partial charge in [-0.25, -0.2) is 0 Å². The Morgan fingerprint density at radius 1 is 1.27 bits per heavy atom. The lowest BCUT2D eigenvalue weighted by atomic mass is 10.4. The first-order chi connectivity index (χ1) is 5.43. The maximum atomic E-state index is 4.96. The molecule has 0 aliphatic carbocycles. The minimum absolute atomic E-state index is 0.889. The molecule has 0 aromatic carbocycles. The number of nitrogens with zero attached hydrogens (tertiary/aromatic N) is 1. The van der Waals surface area contributed by atoms with E-state index in [4.69, 9.17) is 4.74 Å². The van der Waals surface area contributed by atoms with Crippen molar-refractivity contribution in [2.24, 2.45) is 0 Å². The van der Waals surface area contributed by atoms with Crippen LogP contribution in [0.15, 0.2) is 0 Å². The van der Waals surface area contributed by atoms with Crippen LogP contribution < -0.4 is 0 Å². The molecular formula is C8H19NOS. The van der Waals surface area contributed by atoms with Gasteiger partial charge in [0.05, 0.1) is 6.61 Å². The SMILES string of the molecule is COCCN1CCCC1.CS. The molecule has 1 fully saturated rings. The Bertz CT molecular complexity index is 74.5. The smallest absolute Gasteiger partial charge is 0.0589 e. The van der Waals surface area contributed by atoms with Crippen LogP contribution in [0.25, 0.3) is 0 Å². The summed E-state index contributed by atoms with van der Waals surface area (Å²) in [5, 5.41) is 0. The Morgan fingerprint density at radius 3 is 2.27 bits per heavy atom. The van der Waals surface area contributed by atoms with Crippen LogP contribution in [-0.2, 0) is 4.74 Å². The second-order valence-corrected chi connectivity index (χ2v) is 2.54. The van der Waals surface area contributed by atoms with E-state index in [9.17, 15) is 0 Å². The van der Waals surface area contributed by atoms with Crippen molar-refractivity contribution in [3.05, 3.63) is 0 Å². The van der Waals surface area contributed by atoms with Crippen molar-refractivity contribution in [3.8, 4) is 0 Å². The molecule has 11 heavy (non-hydrogen) atoms. The van der Waals surface area contributed by atoms with E-state index in [0.29, 0.717) is 0 Å². The third-order valence-electron chi connectivity index (χ3n) is 1.81. The minimum atomic E-state index is 0.889. The van der Waals surface area contributed by atoms with E-state index in [2.05, 4.69) is 17.5 Å². The molecule has 0 N–H and O–H groups in total. The van der Waals surface area contributed by atoms with Gasteiger partial charge in [0.2, 0.25) is 0 Å². The molecule has 0 amide bonds. The Morgan fingerprint density at radius 2 is 1.82 bits per heavy atom. The largest absolute Gasteiger partial charge is 0.383 e. The van der Waals surface area contributed by atoms with Crippen LogP contribution in [0, 0.1) is 0 Å². The molecule has 0 aromatic rings. The molecular weight excluding hydrogens is 158 g/mol. The lowest BCUT2D eigenvalue weighted by Gasteiger charge is -2.12. The van der Waals surface area contributed by atoms with Crippen molar-refractivity contribution < 1.29 is 4.74 Å². The van der Waals surface area contributed by atoms with Gasteiger partial charge >= 0.3 is 0 Å². The Labute approximate surface area is 75.3 Å². The van der Waals surface area contributed by atoms with Crippen molar-refractivity contribution in [2.45, 2.75) is 12.8 Å². The van der Waals surface area contributed by atoms with E-state index in [0.717, 1.165) is 13.2 Å². The van der Waals surface area contributed by atoms with E-state index < -0.39 is 0 Å². The van der Waals surface area contributed by atoms with Crippen molar-refractivity contribution >= 4 is 12.6 Å². The quantitative estimate of drug-likeness (QED) is 0.652. The molecule has 0 aromatic heterocycles. The molecule has 0 bridgehead atoms. The third kappa shape index (κ3) is 5.53. The minimum Gasteiger partial charge on any atom is -0.383 e. The van der Waals surface area contributed by atoms with Crippen molar-refractivity contribution in [1.29, 1.82) is 0 Å². The maximum Gasteiger partial charge on any atom is 0.0589 e. The van der Waals surface area contributed by atoms with E-state index in [-0.39, 0.29) is 0 Å². The van der Waals surface area contributed by atoms with Gasteiger partial charge in [-0.2, -0.15) is 12.6 Å². The molecule has 3 heteroatoms. The third-order valence-corrected chi connectivity index (χ3v) is 1.81. The number of rotatable bonds is 3. The van der Waals surface area contributed by atoms with Crippen molar-refractivity contribution in [1.82, 2.24) is 4.90 Å². The van der Waals surface area contributed by atoms with Gasteiger partial charge in [0.1, 0.15) is 0 Å². The van der Waals surface area contributed by atoms with Gasteiger partial charge in [-0.1, -0.05) is 0 Å². The number of hydrogen-bond acceptors (Lipinski definition) is 3. The van der Waals surface area contributed by atoms with Gasteiger partial charge in [-0.15, -0.1) is 0 Å². The summed E-state index contributed by atoms with van der Waals surface area (Å²) >= 11 is 3.53. The van der Waals surface area contributed by atoms with Gasteiger partial charge < -0.3 is 9.64 Å². The molecule has 1 aliphatic heterocycles. The standard InChI is InChI=1S/C7H15NO.CH4S/c1-9-7-6-8-4-2-3-5-8;1-2/h2-7H2,1H3;2H,1H3. The summed E-state index contributed by atoms with van der Waals surface area (Å²) in [7, 11) is 1.76. The molecule has 1 aliphatic rings. The summed E-state index contributed by atoms with van der Waals surface area (Å²) in [4.78, 5) is 2.45. The predicted octanol–water partition coefficient (Wildman–Crippen LogP) is 1.27. The molecule has 0 atom stereocenters. The molecule has 0 spiro atoms. The first-order valence-electron chi connectivity index (χ1n) is 4.09. The fraction of sp³-hybridized carbons (Fsp3) is 1.00. The fourth-order valence-corrected chi connectivity index (χ4v) is 1.23. The molecule has 0 saturated carbocycles. The van der Waals surface area contributed by atoms with Crippen LogP contribution in [-0.4, -0.2) is 44.5 Å².